The summed E-state index contributed by atoms with van der Waals surface area (Å²) in [5.74, 6) is 0.503. The summed E-state index contributed by atoms with van der Waals surface area (Å²) in [6.07, 6.45) is 3.23. The quantitative estimate of drug-likeness (QED) is 0.776. The minimum absolute atomic E-state index is 0.189. The molecule has 2 heterocycles. The third-order valence-corrected chi connectivity index (χ3v) is 5.59. The van der Waals surface area contributed by atoms with Crippen LogP contribution in [-0.2, 0) is 0 Å². The van der Waals surface area contributed by atoms with Crippen molar-refractivity contribution in [2.24, 2.45) is 0 Å². The topological polar surface area (TPSA) is 64.6 Å². The van der Waals surface area contributed by atoms with E-state index in [1.807, 2.05) is 19.1 Å². The summed E-state index contributed by atoms with van der Waals surface area (Å²) >= 11 is 0. The van der Waals surface area contributed by atoms with Crippen molar-refractivity contribution in [3.63, 3.8) is 0 Å². The molecule has 0 unspecified atom stereocenters. The van der Waals surface area contributed by atoms with Gasteiger partial charge in [0.1, 0.15) is 0 Å². The van der Waals surface area contributed by atoms with E-state index in [9.17, 15) is 4.79 Å². The maximum absolute atomic E-state index is 12.6. The number of amides is 1. The third kappa shape index (κ3) is 5.03. The van der Waals surface area contributed by atoms with Crippen LogP contribution in [0.4, 0.5) is 17.3 Å². The van der Waals surface area contributed by atoms with Gasteiger partial charge in [0.25, 0.3) is 5.91 Å². The summed E-state index contributed by atoms with van der Waals surface area (Å²) in [7, 11) is 0. The zero-order valence-corrected chi connectivity index (χ0v) is 18.0. The van der Waals surface area contributed by atoms with Crippen LogP contribution in [0, 0.1) is 6.92 Å². The number of benzene rings is 1. The Morgan fingerprint density at radius 2 is 1.72 bits per heavy atom. The highest BCUT2D eigenvalue weighted by Crippen LogP contribution is 2.23. The maximum atomic E-state index is 12.6. The van der Waals surface area contributed by atoms with E-state index in [0.717, 1.165) is 57.1 Å². The highest BCUT2D eigenvalue weighted by molar-refractivity contribution is 6.04. The molecule has 0 aliphatic carbocycles. The highest BCUT2D eigenvalue weighted by atomic mass is 16.1. The van der Waals surface area contributed by atoms with E-state index in [-0.39, 0.29) is 5.91 Å². The number of anilines is 3. The fourth-order valence-electron chi connectivity index (χ4n) is 3.63. The Hall–Kier alpha value is -2.67. The molecule has 1 aromatic carbocycles. The molecule has 1 aliphatic heterocycles. The number of nitrogens with one attached hydrogen (secondary N) is 1. The van der Waals surface area contributed by atoms with Crippen LogP contribution in [0.5, 0.6) is 0 Å². The molecule has 1 saturated heterocycles. The van der Waals surface area contributed by atoms with Gasteiger partial charge in [-0.1, -0.05) is 6.92 Å². The van der Waals surface area contributed by atoms with Crippen molar-refractivity contribution in [2.45, 2.75) is 27.7 Å². The summed E-state index contributed by atoms with van der Waals surface area (Å²) < 4.78 is 0. The number of aromatic nitrogens is 2. The molecule has 7 heteroatoms. The largest absolute Gasteiger partial charge is 0.372 e. The number of carbonyl (C=O) groups is 1. The van der Waals surface area contributed by atoms with Gasteiger partial charge >= 0.3 is 0 Å². The van der Waals surface area contributed by atoms with Gasteiger partial charge in [-0.25, -0.2) is 9.97 Å². The van der Waals surface area contributed by atoms with E-state index in [4.69, 9.17) is 0 Å². The van der Waals surface area contributed by atoms with Gasteiger partial charge in [-0.05, 0) is 51.1 Å². The van der Waals surface area contributed by atoms with Crippen molar-refractivity contribution in [3.05, 3.63) is 41.7 Å². The zero-order valence-electron chi connectivity index (χ0n) is 18.0. The molecule has 0 radical (unpaired) electrons. The molecule has 1 N–H and O–H groups in total. The lowest BCUT2D eigenvalue weighted by Crippen LogP contribution is -2.46. The fraction of sp³-hybridized carbons (Fsp3) is 0.500. The zero-order chi connectivity index (χ0) is 20.8. The Morgan fingerprint density at radius 1 is 1.07 bits per heavy atom. The molecule has 7 nitrogen and oxygen atoms in total. The summed E-state index contributed by atoms with van der Waals surface area (Å²) in [5.41, 5.74) is 3.48. The standard InChI is InChI=1S/C22H32N6O/c1-5-26-10-12-28(13-11-26)22-23-15-18(16-24-22)21(29)25-20-9-8-19(14-17(20)4)27(6-2)7-3/h8-9,14-16H,5-7,10-13H2,1-4H3,(H,25,29). The molecular weight excluding hydrogens is 364 g/mol. The molecule has 1 aliphatic rings. The summed E-state index contributed by atoms with van der Waals surface area (Å²) in [6.45, 7) is 15.3. The van der Waals surface area contributed by atoms with Crippen LogP contribution in [0.2, 0.25) is 0 Å². The van der Waals surface area contributed by atoms with E-state index in [1.54, 1.807) is 12.4 Å². The molecule has 3 rings (SSSR count). The van der Waals surface area contributed by atoms with Gasteiger partial charge in [-0.2, -0.15) is 0 Å². The molecule has 1 amide bonds. The predicted molar refractivity (Wildman–Crippen MR) is 119 cm³/mol. The molecular formula is C22H32N6O. The van der Waals surface area contributed by atoms with E-state index >= 15 is 0 Å². The maximum Gasteiger partial charge on any atom is 0.258 e. The molecule has 1 fully saturated rings. The van der Waals surface area contributed by atoms with Gasteiger partial charge < -0.3 is 20.0 Å². The summed E-state index contributed by atoms with van der Waals surface area (Å²) in [6, 6.07) is 6.12. The van der Waals surface area contributed by atoms with Crippen LogP contribution in [0.3, 0.4) is 0 Å². The first-order chi connectivity index (χ1) is 14.0. The Balaban J connectivity index is 1.64. The van der Waals surface area contributed by atoms with Crippen molar-refractivity contribution in [2.75, 3.05) is 60.9 Å². The van der Waals surface area contributed by atoms with Crippen LogP contribution in [0.15, 0.2) is 30.6 Å². The number of carbonyl (C=O) groups excluding carboxylic acids is 1. The molecule has 156 valence electrons. The second kappa shape index (κ2) is 9.69. The Morgan fingerprint density at radius 3 is 2.28 bits per heavy atom. The average Bonchev–Trinajstić information content (AvgIpc) is 2.76. The average molecular weight is 397 g/mol. The molecule has 2 aromatic rings. The lowest BCUT2D eigenvalue weighted by Gasteiger charge is -2.33. The third-order valence-electron chi connectivity index (χ3n) is 5.59. The minimum atomic E-state index is -0.189. The van der Waals surface area contributed by atoms with Crippen LogP contribution in [0.25, 0.3) is 0 Å². The summed E-state index contributed by atoms with van der Waals surface area (Å²) in [4.78, 5) is 28.4. The number of piperazine rings is 1. The van der Waals surface area contributed by atoms with Crippen molar-refractivity contribution < 1.29 is 4.79 Å². The van der Waals surface area contributed by atoms with E-state index < -0.39 is 0 Å². The smallest absolute Gasteiger partial charge is 0.258 e. The highest BCUT2D eigenvalue weighted by Gasteiger charge is 2.18. The normalized spacial score (nSPS) is 14.7. The monoisotopic (exact) mass is 396 g/mol. The van der Waals surface area contributed by atoms with Gasteiger partial charge in [0.05, 0.1) is 5.56 Å². The molecule has 1 aromatic heterocycles. The fourth-order valence-corrected chi connectivity index (χ4v) is 3.63. The predicted octanol–water partition coefficient (Wildman–Crippen LogP) is 3.03. The number of rotatable bonds is 7. The molecule has 29 heavy (non-hydrogen) atoms. The Kier molecular flexibility index (Phi) is 7.04. The number of aryl methyl sites for hydroxylation is 1. The van der Waals surface area contributed by atoms with Crippen LogP contribution in [-0.4, -0.2) is 66.6 Å². The molecule has 0 atom stereocenters. The summed E-state index contributed by atoms with van der Waals surface area (Å²) in [5, 5.41) is 2.98. The van der Waals surface area contributed by atoms with Gasteiger partial charge in [0, 0.05) is 63.0 Å². The second-order valence-corrected chi connectivity index (χ2v) is 7.32. The van der Waals surface area contributed by atoms with E-state index in [2.05, 4.69) is 56.8 Å². The number of hydrogen-bond acceptors (Lipinski definition) is 6. The van der Waals surface area contributed by atoms with Gasteiger partial charge in [0.2, 0.25) is 5.95 Å². The first-order valence-electron chi connectivity index (χ1n) is 10.5. The van der Waals surface area contributed by atoms with Crippen LogP contribution < -0.4 is 15.1 Å². The first-order valence-corrected chi connectivity index (χ1v) is 10.5. The second-order valence-electron chi connectivity index (χ2n) is 7.32. The lowest BCUT2D eigenvalue weighted by molar-refractivity contribution is 0.102. The number of hydrogen-bond donors (Lipinski definition) is 1. The number of likely N-dealkylation sites (N-methyl/N-ethyl adjacent to an activating group) is 1. The van der Waals surface area contributed by atoms with Crippen molar-refractivity contribution in [3.8, 4) is 0 Å². The van der Waals surface area contributed by atoms with Crippen molar-refractivity contribution >= 4 is 23.2 Å². The van der Waals surface area contributed by atoms with Crippen molar-refractivity contribution in [1.82, 2.24) is 14.9 Å². The SMILES string of the molecule is CCN1CCN(c2ncc(C(=O)Nc3ccc(N(CC)CC)cc3C)cn2)CC1. The Labute approximate surface area is 173 Å². The molecule has 0 spiro atoms. The lowest BCUT2D eigenvalue weighted by atomic mass is 10.1. The van der Waals surface area contributed by atoms with Gasteiger partial charge in [-0.15, -0.1) is 0 Å². The van der Waals surface area contributed by atoms with Gasteiger partial charge in [0.15, 0.2) is 0 Å². The van der Waals surface area contributed by atoms with Crippen LogP contribution in [0.1, 0.15) is 36.7 Å². The van der Waals surface area contributed by atoms with E-state index in [0.29, 0.717) is 11.5 Å². The molecule has 0 bridgehead atoms. The molecule has 0 saturated carbocycles. The Bertz CT molecular complexity index is 811. The minimum Gasteiger partial charge on any atom is -0.372 e. The first kappa shape index (κ1) is 21.0. The van der Waals surface area contributed by atoms with E-state index in [1.165, 1.54) is 5.69 Å². The van der Waals surface area contributed by atoms with Gasteiger partial charge in [-0.3, -0.25) is 4.79 Å². The number of nitrogens with zero attached hydrogens (tertiary/aromatic N) is 5. The van der Waals surface area contributed by atoms with Crippen LogP contribution >= 0.6 is 0 Å². The van der Waals surface area contributed by atoms with Crippen molar-refractivity contribution in [1.29, 1.82) is 0 Å².